The van der Waals surface area contributed by atoms with Crippen molar-refractivity contribution in [2.75, 3.05) is 6.61 Å². The van der Waals surface area contributed by atoms with Gasteiger partial charge in [-0.3, -0.25) is 9.59 Å². The van der Waals surface area contributed by atoms with Gasteiger partial charge in [-0.15, -0.1) is 0 Å². The quantitative estimate of drug-likeness (QED) is 0.545. The van der Waals surface area contributed by atoms with Crippen molar-refractivity contribution in [1.82, 2.24) is 10.2 Å². The third kappa shape index (κ3) is 6.62. The highest BCUT2D eigenvalue weighted by Crippen LogP contribution is 2.27. The number of amides is 2. The highest BCUT2D eigenvalue weighted by molar-refractivity contribution is 6.36. The summed E-state index contributed by atoms with van der Waals surface area (Å²) in [5.41, 5.74) is 2.65. The molecule has 2 aromatic carbocycles. The number of ether oxygens (including phenoxy) is 1. The molecule has 0 fully saturated rings. The summed E-state index contributed by atoms with van der Waals surface area (Å²) in [7, 11) is 0. The first-order valence-electron chi connectivity index (χ1n) is 10.4. The zero-order valence-electron chi connectivity index (χ0n) is 18.7. The van der Waals surface area contributed by atoms with Gasteiger partial charge in [-0.1, -0.05) is 48.3 Å². The number of carbonyl (C=O) groups is 2. The summed E-state index contributed by atoms with van der Waals surface area (Å²) < 4.78 is 5.83. The molecular formula is C24H30Cl2N2O3. The van der Waals surface area contributed by atoms with Crippen LogP contribution < -0.4 is 10.1 Å². The van der Waals surface area contributed by atoms with Crippen LogP contribution in [0.25, 0.3) is 0 Å². The van der Waals surface area contributed by atoms with Crippen LogP contribution in [0.1, 0.15) is 43.9 Å². The lowest BCUT2D eigenvalue weighted by atomic mass is 10.1. The number of carbonyl (C=O) groups excluding carboxylic acids is 2. The average Bonchev–Trinajstić information content (AvgIpc) is 2.70. The molecular weight excluding hydrogens is 435 g/mol. The molecule has 0 heterocycles. The van der Waals surface area contributed by atoms with Gasteiger partial charge in [0.2, 0.25) is 5.91 Å². The Morgan fingerprint density at radius 1 is 1.06 bits per heavy atom. The van der Waals surface area contributed by atoms with Crippen molar-refractivity contribution >= 4 is 35.0 Å². The van der Waals surface area contributed by atoms with Crippen molar-refractivity contribution in [1.29, 1.82) is 0 Å². The minimum atomic E-state index is -0.676. The van der Waals surface area contributed by atoms with Crippen molar-refractivity contribution in [3.63, 3.8) is 0 Å². The van der Waals surface area contributed by atoms with Gasteiger partial charge < -0.3 is 15.0 Å². The second-order valence-corrected chi connectivity index (χ2v) is 8.61. The maximum atomic E-state index is 13.3. The van der Waals surface area contributed by atoms with Gasteiger partial charge in [0.25, 0.3) is 5.91 Å². The van der Waals surface area contributed by atoms with E-state index in [0.717, 1.165) is 11.1 Å². The van der Waals surface area contributed by atoms with Crippen LogP contribution in [0.4, 0.5) is 0 Å². The predicted molar refractivity (Wildman–Crippen MR) is 126 cm³/mol. The van der Waals surface area contributed by atoms with Crippen LogP contribution in [0.15, 0.2) is 36.4 Å². The van der Waals surface area contributed by atoms with Crippen molar-refractivity contribution in [3.8, 4) is 5.75 Å². The second-order valence-electron chi connectivity index (χ2n) is 7.80. The second kappa shape index (κ2) is 11.4. The van der Waals surface area contributed by atoms with Gasteiger partial charge in [0.05, 0.1) is 0 Å². The Hall–Kier alpha value is -2.24. The maximum Gasteiger partial charge on any atom is 0.261 e. The number of hydrogen-bond acceptors (Lipinski definition) is 3. The molecule has 2 aromatic rings. The molecule has 0 radical (unpaired) electrons. The lowest BCUT2D eigenvalue weighted by Gasteiger charge is -2.31. The first kappa shape index (κ1) is 25.0. The van der Waals surface area contributed by atoms with Crippen LogP contribution >= 0.6 is 23.2 Å². The van der Waals surface area contributed by atoms with Crippen LogP contribution in [-0.4, -0.2) is 35.4 Å². The molecule has 7 heteroatoms. The Balaban J connectivity index is 2.32. The van der Waals surface area contributed by atoms with E-state index in [0.29, 0.717) is 27.8 Å². The van der Waals surface area contributed by atoms with Crippen LogP contribution in [0.3, 0.4) is 0 Å². The Bertz CT molecular complexity index is 911. The van der Waals surface area contributed by atoms with Crippen LogP contribution in [0, 0.1) is 13.8 Å². The Morgan fingerprint density at radius 3 is 2.26 bits per heavy atom. The van der Waals surface area contributed by atoms with Crippen molar-refractivity contribution in [2.45, 2.75) is 59.7 Å². The van der Waals surface area contributed by atoms with E-state index in [1.54, 1.807) is 18.2 Å². The van der Waals surface area contributed by atoms with Gasteiger partial charge >= 0.3 is 0 Å². The van der Waals surface area contributed by atoms with E-state index in [4.69, 9.17) is 27.9 Å². The number of aryl methyl sites for hydroxylation is 1. The van der Waals surface area contributed by atoms with E-state index in [1.807, 2.05) is 52.8 Å². The largest absolute Gasteiger partial charge is 0.483 e. The minimum Gasteiger partial charge on any atom is -0.483 e. The summed E-state index contributed by atoms with van der Waals surface area (Å²) >= 11 is 12.7. The van der Waals surface area contributed by atoms with Gasteiger partial charge in [0.1, 0.15) is 11.8 Å². The molecule has 1 N–H and O–H groups in total. The first-order chi connectivity index (χ1) is 14.6. The first-order valence-corrected chi connectivity index (χ1v) is 11.1. The van der Waals surface area contributed by atoms with Gasteiger partial charge in [-0.25, -0.2) is 0 Å². The van der Waals surface area contributed by atoms with Crippen molar-refractivity contribution in [3.05, 3.63) is 63.1 Å². The molecule has 5 nitrogen and oxygen atoms in total. The molecule has 0 aromatic heterocycles. The molecule has 0 unspecified atom stereocenters. The number of nitrogens with one attached hydrogen (secondary N) is 1. The Morgan fingerprint density at radius 2 is 1.68 bits per heavy atom. The molecule has 2 amide bonds. The number of hydrogen-bond donors (Lipinski definition) is 1. The molecule has 168 valence electrons. The van der Waals surface area contributed by atoms with Crippen molar-refractivity contribution < 1.29 is 14.3 Å². The molecule has 0 aliphatic rings. The molecule has 0 aliphatic heterocycles. The van der Waals surface area contributed by atoms with E-state index >= 15 is 0 Å². The predicted octanol–water partition coefficient (Wildman–Crippen LogP) is 5.32. The summed E-state index contributed by atoms with van der Waals surface area (Å²) in [6, 6.07) is 10.1. The van der Waals surface area contributed by atoms with Gasteiger partial charge in [-0.2, -0.15) is 0 Å². The topological polar surface area (TPSA) is 58.6 Å². The van der Waals surface area contributed by atoms with Crippen LogP contribution in [0.2, 0.25) is 10.0 Å². The van der Waals surface area contributed by atoms with Crippen LogP contribution in [-0.2, 0) is 16.1 Å². The fraction of sp³-hybridized carbons (Fsp3) is 0.417. The van der Waals surface area contributed by atoms with Gasteiger partial charge in [0.15, 0.2) is 6.61 Å². The number of halogens is 2. The highest BCUT2D eigenvalue weighted by atomic mass is 35.5. The summed E-state index contributed by atoms with van der Waals surface area (Å²) in [4.78, 5) is 27.6. The number of rotatable bonds is 9. The fourth-order valence-electron chi connectivity index (χ4n) is 3.26. The number of nitrogens with zero attached hydrogens (tertiary/aromatic N) is 1. The molecule has 31 heavy (non-hydrogen) atoms. The smallest absolute Gasteiger partial charge is 0.261 e. The summed E-state index contributed by atoms with van der Waals surface area (Å²) in [5.74, 6) is 0.104. The van der Waals surface area contributed by atoms with E-state index < -0.39 is 6.04 Å². The third-order valence-electron chi connectivity index (χ3n) is 5.11. The summed E-state index contributed by atoms with van der Waals surface area (Å²) in [6.07, 6.45) is 0.440. The lowest BCUT2D eigenvalue weighted by Crippen LogP contribution is -2.51. The molecule has 0 spiro atoms. The molecule has 0 aliphatic carbocycles. The molecule has 0 saturated heterocycles. The molecule has 2 rings (SSSR count). The van der Waals surface area contributed by atoms with Crippen LogP contribution in [0.5, 0.6) is 5.75 Å². The molecule has 0 saturated carbocycles. The Labute approximate surface area is 194 Å². The van der Waals surface area contributed by atoms with Gasteiger partial charge in [0, 0.05) is 28.2 Å². The SMILES string of the molecule is CC[C@@H](C(=O)NC(C)C)N(Cc1c(Cl)cccc1Cl)C(=O)COc1cccc(C)c1C. The zero-order chi connectivity index (χ0) is 23.1. The molecule has 0 bridgehead atoms. The fourth-order valence-corrected chi connectivity index (χ4v) is 3.77. The summed E-state index contributed by atoms with van der Waals surface area (Å²) in [5, 5.41) is 3.78. The van der Waals surface area contributed by atoms with E-state index in [-0.39, 0.29) is 31.0 Å². The highest BCUT2D eigenvalue weighted by Gasteiger charge is 2.30. The van der Waals surface area contributed by atoms with Gasteiger partial charge in [-0.05, 0) is 63.4 Å². The van der Waals surface area contributed by atoms with Crippen molar-refractivity contribution in [2.24, 2.45) is 0 Å². The molecule has 1 atom stereocenters. The zero-order valence-corrected chi connectivity index (χ0v) is 20.2. The maximum absolute atomic E-state index is 13.3. The average molecular weight is 465 g/mol. The number of benzene rings is 2. The van der Waals surface area contributed by atoms with E-state index in [2.05, 4.69) is 5.32 Å². The Kier molecular flexibility index (Phi) is 9.20. The third-order valence-corrected chi connectivity index (χ3v) is 5.82. The summed E-state index contributed by atoms with van der Waals surface area (Å²) in [6.45, 7) is 9.47. The standard InChI is InChI=1S/C24H30Cl2N2O3/c1-6-21(24(30)27-15(2)3)28(13-18-19(25)10-8-11-20(18)26)23(29)14-31-22-12-7-9-16(4)17(22)5/h7-12,15,21H,6,13-14H2,1-5H3,(H,27,30)/t21-/m0/s1. The van der Waals surface area contributed by atoms with E-state index in [9.17, 15) is 9.59 Å². The van der Waals surface area contributed by atoms with E-state index in [1.165, 1.54) is 4.90 Å². The normalized spacial score (nSPS) is 11.9. The lowest BCUT2D eigenvalue weighted by molar-refractivity contribution is -0.143. The minimum absolute atomic E-state index is 0.0476. The monoisotopic (exact) mass is 464 g/mol.